The molecule has 1 unspecified atom stereocenters. The van der Waals surface area contributed by atoms with Crippen molar-refractivity contribution in [1.82, 2.24) is 0 Å². The molecule has 10 aromatic rings. The van der Waals surface area contributed by atoms with Gasteiger partial charge in [-0.3, -0.25) is 0 Å². The Morgan fingerprint density at radius 2 is 0.862 bits per heavy atom. The molecule has 2 aliphatic rings. The van der Waals surface area contributed by atoms with E-state index in [-0.39, 0.29) is 11.3 Å². The summed E-state index contributed by atoms with van der Waals surface area (Å²) in [6, 6.07) is 72.6. The highest BCUT2D eigenvalue weighted by molar-refractivity contribution is 6.22. The van der Waals surface area contributed by atoms with Gasteiger partial charge in [0.25, 0.3) is 0 Å². The second-order valence-electron chi connectivity index (χ2n) is 16.7. The monoisotopic (exact) mass is 736 g/mol. The minimum absolute atomic E-state index is 0.134. The summed E-state index contributed by atoms with van der Waals surface area (Å²) in [6.07, 6.45) is 2.38. The van der Waals surface area contributed by atoms with E-state index < -0.39 is 0 Å². The third-order valence-corrected chi connectivity index (χ3v) is 13.3. The molecule has 10 aromatic carbocycles. The van der Waals surface area contributed by atoms with E-state index in [1.807, 2.05) is 0 Å². The van der Waals surface area contributed by atoms with Crippen LogP contribution in [0.5, 0.6) is 0 Å². The minimum atomic E-state index is -0.134. The van der Waals surface area contributed by atoms with Crippen LogP contribution in [0.3, 0.4) is 0 Å². The Labute approximate surface area is 339 Å². The van der Waals surface area contributed by atoms with E-state index in [0.29, 0.717) is 0 Å². The first-order valence-corrected chi connectivity index (χ1v) is 20.6. The van der Waals surface area contributed by atoms with Crippen LogP contribution in [-0.2, 0) is 5.41 Å². The molecule has 0 heteroatoms. The molecule has 0 spiro atoms. The quantitative estimate of drug-likeness (QED) is 0.125. The molecule has 0 amide bonds. The molecule has 0 nitrogen and oxygen atoms in total. The summed E-state index contributed by atoms with van der Waals surface area (Å²) in [6.45, 7) is 4.82. The molecule has 0 fully saturated rings. The molecule has 0 aromatic heterocycles. The van der Waals surface area contributed by atoms with Crippen molar-refractivity contribution < 1.29 is 0 Å². The molecule has 0 saturated carbocycles. The average molecular weight is 737 g/mol. The smallest absolute Gasteiger partial charge is 0.0352 e. The summed E-state index contributed by atoms with van der Waals surface area (Å²) in [7, 11) is 0. The summed E-state index contributed by atoms with van der Waals surface area (Å²) < 4.78 is 0. The van der Waals surface area contributed by atoms with Crippen LogP contribution < -0.4 is 0 Å². The fourth-order valence-corrected chi connectivity index (χ4v) is 10.8. The number of benzene rings is 10. The van der Waals surface area contributed by atoms with E-state index in [9.17, 15) is 0 Å². The van der Waals surface area contributed by atoms with E-state index in [1.54, 1.807) is 0 Å². The van der Waals surface area contributed by atoms with E-state index in [2.05, 4.69) is 214 Å². The third kappa shape index (κ3) is 4.69. The van der Waals surface area contributed by atoms with Crippen molar-refractivity contribution in [2.45, 2.75) is 25.2 Å². The Balaban J connectivity index is 1.04. The first-order valence-electron chi connectivity index (χ1n) is 20.6. The van der Waals surface area contributed by atoms with Gasteiger partial charge in [0, 0.05) is 11.3 Å². The summed E-state index contributed by atoms with van der Waals surface area (Å²) in [4.78, 5) is 0. The van der Waals surface area contributed by atoms with Gasteiger partial charge in [-0.25, -0.2) is 0 Å². The van der Waals surface area contributed by atoms with Gasteiger partial charge in [0.1, 0.15) is 0 Å². The molecule has 272 valence electrons. The van der Waals surface area contributed by atoms with Gasteiger partial charge in [-0.05, 0) is 128 Å². The predicted octanol–water partition coefficient (Wildman–Crippen LogP) is 15.6. The molecule has 0 radical (unpaired) electrons. The summed E-state index contributed by atoms with van der Waals surface area (Å²) in [5, 5.41) is 10.5. The molecule has 0 aliphatic heterocycles. The summed E-state index contributed by atoms with van der Waals surface area (Å²) in [5.74, 6) is 0.188. The Morgan fingerprint density at radius 3 is 1.50 bits per heavy atom. The third-order valence-electron chi connectivity index (χ3n) is 13.3. The second kappa shape index (κ2) is 12.5. The maximum absolute atomic E-state index is 2.50. The fourth-order valence-electron chi connectivity index (χ4n) is 10.8. The van der Waals surface area contributed by atoms with E-state index >= 15 is 0 Å². The van der Waals surface area contributed by atoms with E-state index in [0.717, 1.165) is 0 Å². The molecule has 0 heterocycles. The van der Waals surface area contributed by atoms with Crippen LogP contribution in [0, 0.1) is 0 Å². The highest BCUT2D eigenvalue weighted by Gasteiger charge is 2.38. The number of hydrogen-bond donors (Lipinski definition) is 0. The normalized spacial score (nSPS) is 15.1. The van der Waals surface area contributed by atoms with Crippen molar-refractivity contribution in [3.05, 3.63) is 228 Å². The molecule has 12 rings (SSSR count). The molecule has 0 bridgehead atoms. The number of hydrogen-bond acceptors (Lipinski definition) is 0. The van der Waals surface area contributed by atoms with Gasteiger partial charge in [0.2, 0.25) is 0 Å². The van der Waals surface area contributed by atoms with Gasteiger partial charge in [-0.2, -0.15) is 0 Å². The molecule has 58 heavy (non-hydrogen) atoms. The maximum atomic E-state index is 2.50. The molecular weight excluding hydrogens is 697 g/mol. The maximum Gasteiger partial charge on any atom is 0.0352 e. The zero-order valence-corrected chi connectivity index (χ0v) is 32.6. The van der Waals surface area contributed by atoms with Gasteiger partial charge in [0.15, 0.2) is 0 Å². The van der Waals surface area contributed by atoms with Crippen LogP contribution in [0.25, 0.3) is 88.1 Å². The molecule has 2 aliphatic carbocycles. The van der Waals surface area contributed by atoms with Crippen LogP contribution in [0.4, 0.5) is 0 Å². The number of fused-ring (bicyclic) bond motifs is 11. The van der Waals surface area contributed by atoms with Gasteiger partial charge in [-0.1, -0.05) is 202 Å². The van der Waals surface area contributed by atoms with Crippen molar-refractivity contribution in [2.24, 2.45) is 0 Å². The average Bonchev–Trinajstić information content (AvgIpc) is 3.78. The van der Waals surface area contributed by atoms with Crippen LogP contribution in [-0.4, -0.2) is 0 Å². The van der Waals surface area contributed by atoms with Gasteiger partial charge in [-0.15, -0.1) is 0 Å². The predicted molar refractivity (Wildman–Crippen MR) is 247 cm³/mol. The first-order chi connectivity index (χ1) is 28.6. The number of allylic oxidation sites excluding steroid dienone is 1. The summed E-state index contributed by atoms with van der Waals surface area (Å²) in [5.41, 5.74) is 17.2. The number of rotatable bonds is 4. The van der Waals surface area contributed by atoms with Crippen molar-refractivity contribution in [2.75, 3.05) is 0 Å². The van der Waals surface area contributed by atoms with E-state index in [4.69, 9.17) is 0 Å². The molecular formula is C58H40. The lowest BCUT2D eigenvalue weighted by Crippen LogP contribution is -2.15. The van der Waals surface area contributed by atoms with Crippen LogP contribution in [0.1, 0.15) is 53.1 Å². The fraction of sp³-hybridized carbons (Fsp3) is 0.0690. The van der Waals surface area contributed by atoms with Crippen LogP contribution >= 0.6 is 0 Å². The SMILES string of the molecule is CC1(C)c2ccc(-c3c4ccccc4c(-c4ccc(C5C(c6ccccc6)=Cc6ccccc65)cc4)c4ccccc34)cc2-c2c1c1ccccc1c1ccccc21. The Hall–Kier alpha value is -7.02. The van der Waals surface area contributed by atoms with Crippen molar-refractivity contribution >= 4 is 54.7 Å². The molecule has 0 saturated heterocycles. The Kier molecular flexibility index (Phi) is 7.14. The largest absolute Gasteiger partial charge is 0.0622 e. The summed E-state index contributed by atoms with van der Waals surface area (Å²) >= 11 is 0. The topological polar surface area (TPSA) is 0 Å². The zero-order chi connectivity index (χ0) is 38.5. The zero-order valence-electron chi connectivity index (χ0n) is 32.6. The lowest BCUT2D eigenvalue weighted by atomic mass is 9.79. The lowest BCUT2D eigenvalue weighted by Gasteiger charge is -2.24. The highest BCUT2D eigenvalue weighted by Crippen LogP contribution is 2.56. The lowest BCUT2D eigenvalue weighted by molar-refractivity contribution is 0.666. The minimum Gasteiger partial charge on any atom is -0.0622 e. The first kappa shape index (κ1) is 33.2. The Morgan fingerprint density at radius 1 is 0.379 bits per heavy atom. The van der Waals surface area contributed by atoms with Gasteiger partial charge >= 0.3 is 0 Å². The van der Waals surface area contributed by atoms with Crippen molar-refractivity contribution in [3.63, 3.8) is 0 Å². The van der Waals surface area contributed by atoms with Crippen molar-refractivity contribution in [3.8, 4) is 33.4 Å². The molecule has 1 atom stereocenters. The molecule has 0 N–H and O–H groups in total. The van der Waals surface area contributed by atoms with Crippen LogP contribution in [0.2, 0.25) is 0 Å². The van der Waals surface area contributed by atoms with Crippen LogP contribution in [0.15, 0.2) is 194 Å². The van der Waals surface area contributed by atoms with Gasteiger partial charge in [0.05, 0.1) is 0 Å². The standard InChI is InChI=1S/C58H40/c1-58(2)52-33-32-40(35-51(52)56-44-22-10-8-20-42(44)43-21-9-15-27-49(43)57(56)58)55-47-25-13-11-23-45(47)54(46-24-12-14-26-48(46)55)38-30-28-37(29-31-38)53-41-19-7-6-18-39(41)34-50(53)36-16-4-3-5-17-36/h3-35,53H,1-2H3. The van der Waals surface area contributed by atoms with Crippen molar-refractivity contribution in [1.29, 1.82) is 0 Å². The van der Waals surface area contributed by atoms with Gasteiger partial charge < -0.3 is 0 Å². The highest BCUT2D eigenvalue weighted by atomic mass is 14.4. The Bertz CT molecular complexity index is 3280. The second-order valence-corrected chi connectivity index (χ2v) is 16.7. The van der Waals surface area contributed by atoms with E-state index in [1.165, 1.54) is 115 Å².